The number of hydrogen-bond acceptors (Lipinski definition) is 4. The van der Waals surface area contributed by atoms with E-state index in [1.54, 1.807) is 24.1 Å². The fourth-order valence-corrected chi connectivity index (χ4v) is 2.91. The van der Waals surface area contributed by atoms with Crippen LogP contribution in [0.25, 0.3) is 0 Å². The fraction of sp³-hybridized carbons (Fsp3) is 0.500. The van der Waals surface area contributed by atoms with Crippen LogP contribution in [0.2, 0.25) is 0 Å². The van der Waals surface area contributed by atoms with Gasteiger partial charge in [0.15, 0.2) is 0 Å². The molecule has 1 aromatic rings. The molecule has 1 aliphatic heterocycles. The molecule has 2 rings (SSSR count). The molecule has 0 aliphatic carbocycles. The van der Waals surface area contributed by atoms with Gasteiger partial charge in [-0.2, -0.15) is 0 Å². The van der Waals surface area contributed by atoms with Gasteiger partial charge in [0.05, 0.1) is 7.11 Å². The average molecular weight is 347 g/mol. The Hall–Kier alpha value is -2.57. The van der Waals surface area contributed by atoms with Crippen LogP contribution in [0.15, 0.2) is 24.3 Å². The number of nitrogens with one attached hydrogen (secondary N) is 1. The van der Waals surface area contributed by atoms with Crippen LogP contribution in [-0.2, 0) is 14.4 Å². The maximum absolute atomic E-state index is 12.6. The van der Waals surface area contributed by atoms with Gasteiger partial charge >= 0.3 is 0 Å². The van der Waals surface area contributed by atoms with Gasteiger partial charge in [0.2, 0.25) is 17.7 Å². The van der Waals surface area contributed by atoms with E-state index in [2.05, 4.69) is 5.32 Å². The van der Waals surface area contributed by atoms with Crippen molar-refractivity contribution in [1.29, 1.82) is 0 Å². The quantitative estimate of drug-likeness (QED) is 0.838. The number of benzene rings is 1. The lowest BCUT2D eigenvalue weighted by molar-refractivity contribution is -0.140. The van der Waals surface area contributed by atoms with E-state index in [4.69, 9.17) is 4.74 Å². The molecule has 0 bridgehead atoms. The maximum atomic E-state index is 12.6. The Morgan fingerprint density at radius 2 is 1.92 bits per heavy atom. The third kappa shape index (κ3) is 4.71. The molecular weight excluding hydrogens is 322 g/mol. The van der Waals surface area contributed by atoms with Crippen LogP contribution < -0.4 is 15.0 Å². The van der Waals surface area contributed by atoms with Gasteiger partial charge in [-0.1, -0.05) is 13.3 Å². The molecule has 1 fully saturated rings. The molecule has 1 heterocycles. The molecule has 7 heteroatoms. The molecule has 1 aromatic carbocycles. The zero-order chi connectivity index (χ0) is 18.4. The zero-order valence-electron chi connectivity index (χ0n) is 14.9. The summed E-state index contributed by atoms with van der Waals surface area (Å²) in [6, 6.07) is 6.68. The molecule has 136 valence electrons. The molecule has 1 saturated heterocycles. The van der Waals surface area contributed by atoms with Gasteiger partial charge in [-0.15, -0.1) is 0 Å². The molecule has 1 atom stereocenters. The summed E-state index contributed by atoms with van der Waals surface area (Å²) in [4.78, 5) is 39.6. The summed E-state index contributed by atoms with van der Waals surface area (Å²) < 4.78 is 5.12. The van der Waals surface area contributed by atoms with E-state index in [1.165, 1.54) is 11.8 Å². The van der Waals surface area contributed by atoms with Gasteiger partial charge in [0.1, 0.15) is 18.3 Å². The Labute approximate surface area is 147 Å². The Morgan fingerprint density at radius 1 is 1.24 bits per heavy atom. The van der Waals surface area contributed by atoms with Crippen molar-refractivity contribution in [2.75, 3.05) is 31.6 Å². The summed E-state index contributed by atoms with van der Waals surface area (Å²) in [5, 5.41) is 2.68. The summed E-state index contributed by atoms with van der Waals surface area (Å²) in [6.07, 6.45) is 1.34. The highest BCUT2D eigenvalue weighted by molar-refractivity contribution is 5.99. The van der Waals surface area contributed by atoms with Gasteiger partial charge in [-0.25, -0.2) is 0 Å². The van der Waals surface area contributed by atoms with Crippen LogP contribution in [0.5, 0.6) is 5.75 Å². The summed E-state index contributed by atoms with van der Waals surface area (Å²) in [5.74, 6) is 0.153. The topological polar surface area (TPSA) is 79.0 Å². The van der Waals surface area contributed by atoms with Crippen LogP contribution in [-0.4, -0.2) is 55.4 Å². The largest absolute Gasteiger partial charge is 0.497 e. The lowest BCUT2D eigenvalue weighted by Gasteiger charge is -2.36. The van der Waals surface area contributed by atoms with Gasteiger partial charge in [-0.3, -0.25) is 14.4 Å². The monoisotopic (exact) mass is 347 g/mol. The predicted octanol–water partition coefficient (Wildman–Crippen LogP) is 1.18. The second-order valence-corrected chi connectivity index (χ2v) is 6.04. The van der Waals surface area contributed by atoms with Crippen LogP contribution in [0, 0.1) is 0 Å². The molecule has 0 aromatic heterocycles. The molecule has 3 amide bonds. The smallest absolute Gasteiger partial charge is 0.246 e. The minimum absolute atomic E-state index is 0.0185. The maximum Gasteiger partial charge on any atom is 0.246 e. The first kappa shape index (κ1) is 18.8. The van der Waals surface area contributed by atoms with Crippen LogP contribution in [0.3, 0.4) is 0 Å². The predicted molar refractivity (Wildman–Crippen MR) is 94.4 cm³/mol. The van der Waals surface area contributed by atoms with Crippen molar-refractivity contribution in [2.45, 2.75) is 32.7 Å². The summed E-state index contributed by atoms with van der Waals surface area (Å²) in [6.45, 7) is 4.23. The number of nitrogens with zero attached hydrogens (tertiary/aromatic N) is 2. The van der Waals surface area contributed by atoms with E-state index < -0.39 is 6.04 Å². The van der Waals surface area contributed by atoms with E-state index >= 15 is 0 Å². The Kier molecular flexibility index (Phi) is 6.38. The number of carbonyl (C=O) groups is 3. The average Bonchev–Trinajstić information content (AvgIpc) is 2.60. The van der Waals surface area contributed by atoms with E-state index in [1.807, 2.05) is 19.1 Å². The summed E-state index contributed by atoms with van der Waals surface area (Å²) in [7, 11) is 1.59. The first-order valence-corrected chi connectivity index (χ1v) is 8.46. The summed E-state index contributed by atoms with van der Waals surface area (Å²) >= 11 is 0. The Morgan fingerprint density at radius 3 is 2.44 bits per heavy atom. The SMILES string of the molecule is CCC[C@H](NC(C)=O)C(=O)N1CCN(c2ccc(OC)cc2)C(=O)C1. The first-order valence-electron chi connectivity index (χ1n) is 8.46. The van der Waals surface area contributed by atoms with Crippen LogP contribution >= 0.6 is 0 Å². The summed E-state index contributed by atoms with van der Waals surface area (Å²) in [5.41, 5.74) is 0.782. The van der Waals surface area contributed by atoms with Crippen molar-refractivity contribution in [3.63, 3.8) is 0 Å². The van der Waals surface area contributed by atoms with Crippen molar-refractivity contribution in [2.24, 2.45) is 0 Å². The lowest BCUT2D eigenvalue weighted by Crippen LogP contribution is -2.57. The highest BCUT2D eigenvalue weighted by Gasteiger charge is 2.31. The van der Waals surface area contributed by atoms with Crippen LogP contribution in [0.4, 0.5) is 5.69 Å². The van der Waals surface area contributed by atoms with E-state index in [0.29, 0.717) is 19.5 Å². The molecule has 0 saturated carbocycles. The number of rotatable bonds is 6. The Balaban J connectivity index is 2.02. The zero-order valence-corrected chi connectivity index (χ0v) is 14.9. The van der Waals surface area contributed by atoms with E-state index in [0.717, 1.165) is 17.9 Å². The normalized spacial score (nSPS) is 15.7. The van der Waals surface area contributed by atoms with Gasteiger partial charge in [0, 0.05) is 25.7 Å². The Bertz CT molecular complexity index is 630. The van der Waals surface area contributed by atoms with Crippen molar-refractivity contribution < 1.29 is 19.1 Å². The van der Waals surface area contributed by atoms with Crippen molar-refractivity contribution in [1.82, 2.24) is 10.2 Å². The van der Waals surface area contributed by atoms with Crippen LogP contribution in [0.1, 0.15) is 26.7 Å². The highest BCUT2D eigenvalue weighted by atomic mass is 16.5. The van der Waals surface area contributed by atoms with E-state index in [9.17, 15) is 14.4 Å². The molecule has 25 heavy (non-hydrogen) atoms. The van der Waals surface area contributed by atoms with Crippen molar-refractivity contribution in [3.8, 4) is 5.75 Å². The lowest BCUT2D eigenvalue weighted by atomic mass is 10.1. The first-order chi connectivity index (χ1) is 12.0. The minimum Gasteiger partial charge on any atom is -0.497 e. The second-order valence-electron chi connectivity index (χ2n) is 6.04. The molecule has 0 radical (unpaired) electrons. The number of amides is 3. The molecule has 7 nitrogen and oxygen atoms in total. The standard InChI is InChI=1S/C18H25N3O4/c1-4-5-16(19-13(2)22)18(24)20-10-11-21(17(23)12-20)14-6-8-15(25-3)9-7-14/h6-9,16H,4-5,10-12H2,1-3H3,(H,19,22)/t16-/m0/s1. The molecule has 1 aliphatic rings. The molecular formula is C18H25N3O4. The fourth-order valence-electron chi connectivity index (χ4n) is 2.91. The number of hydrogen-bond donors (Lipinski definition) is 1. The highest BCUT2D eigenvalue weighted by Crippen LogP contribution is 2.21. The van der Waals surface area contributed by atoms with E-state index in [-0.39, 0.29) is 24.3 Å². The molecule has 0 spiro atoms. The second kappa shape index (κ2) is 8.50. The molecule has 0 unspecified atom stereocenters. The van der Waals surface area contributed by atoms with Crippen molar-refractivity contribution >= 4 is 23.4 Å². The van der Waals surface area contributed by atoms with Gasteiger partial charge < -0.3 is 19.9 Å². The number of ether oxygens (including phenoxy) is 1. The third-order valence-corrected chi connectivity index (χ3v) is 4.17. The number of carbonyl (C=O) groups excluding carboxylic acids is 3. The number of piperazine rings is 1. The number of anilines is 1. The van der Waals surface area contributed by atoms with Gasteiger partial charge in [-0.05, 0) is 30.7 Å². The van der Waals surface area contributed by atoms with Crippen molar-refractivity contribution in [3.05, 3.63) is 24.3 Å². The third-order valence-electron chi connectivity index (χ3n) is 4.17. The molecule has 1 N–H and O–H groups in total. The number of methoxy groups -OCH3 is 1. The van der Waals surface area contributed by atoms with Gasteiger partial charge in [0.25, 0.3) is 0 Å². The minimum atomic E-state index is -0.567.